The van der Waals surface area contributed by atoms with Gasteiger partial charge in [0.05, 0.1) is 33.8 Å². The number of fused-ring (bicyclic) bond motifs is 28. The zero-order chi connectivity index (χ0) is 87.7. The van der Waals surface area contributed by atoms with Crippen LogP contribution in [0.5, 0.6) is 0 Å². The molecule has 0 N–H and O–H groups in total. The molecule has 0 aliphatic rings. The molecule has 0 saturated heterocycles. The molecule has 26 rings (SSSR count). The zero-order valence-corrected chi connectivity index (χ0v) is 74.5. The lowest BCUT2D eigenvalue weighted by molar-refractivity contribution is 0.669. The lowest BCUT2D eigenvalue weighted by Crippen LogP contribution is -2.12. The molecule has 8 heterocycles. The highest BCUT2D eigenvalue weighted by molar-refractivity contribution is 6.39. The van der Waals surface area contributed by atoms with Crippen molar-refractivity contribution in [1.29, 1.82) is 0 Å². The number of aryl methyl sites for hydroxylation is 10. The number of para-hydroxylation sites is 8. The zero-order valence-electron chi connectivity index (χ0n) is 74.5. The second-order valence-corrected chi connectivity index (χ2v) is 36.1. The summed E-state index contributed by atoms with van der Waals surface area (Å²) in [6, 6.07) is 119. The first-order chi connectivity index (χ1) is 63.5. The smallest absolute Gasteiger partial charge is 0.160 e. The topological polar surface area (TPSA) is 74.3 Å². The Morgan fingerprint density at radius 2 is 0.431 bits per heavy atom. The minimum absolute atomic E-state index is 0.851. The van der Waals surface area contributed by atoms with E-state index in [2.05, 4.69) is 439 Å². The Morgan fingerprint density at radius 1 is 0.177 bits per heavy atom. The van der Waals surface area contributed by atoms with Crippen LogP contribution in [-0.4, -0.2) is 8.80 Å². The van der Waals surface area contributed by atoms with Crippen molar-refractivity contribution in [2.45, 2.75) is 83.1 Å². The van der Waals surface area contributed by atoms with Gasteiger partial charge in [-0.2, -0.15) is 0 Å². The van der Waals surface area contributed by atoms with Crippen molar-refractivity contribution in [3.05, 3.63) is 394 Å². The number of rotatable bonds is 12. The van der Waals surface area contributed by atoms with Gasteiger partial charge in [0.1, 0.15) is 44.4 Å². The van der Waals surface area contributed by atoms with Crippen molar-refractivity contribution < 1.29 is 17.7 Å². The van der Waals surface area contributed by atoms with E-state index in [9.17, 15) is 0 Å². The third kappa shape index (κ3) is 11.3. The Morgan fingerprint density at radius 3 is 0.731 bits per heavy atom. The van der Waals surface area contributed by atoms with E-state index in [0.717, 1.165) is 232 Å². The minimum atomic E-state index is 0.851. The van der Waals surface area contributed by atoms with E-state index < -0.39 is 0 Å². The molecule has 10 heteroatoms. The van der Waals surface area contributed by atoms with Gasteiger partial charge in [-0.05, 0) is 272 Å². The van der Waals surface area contributed by atoms with Crippen LogP contribution in [0.25, 0.3) is 164 Å². The maximum atomic E-state index is 7.13. The van der Waals surface area contributed by atoms with Crippen LogP contribution in [0.1, 0.15) is 66.8 Å². The lowest BCUT2D eigenvalue weighted by atomic mass is 9.99. The summed E-state index contributed by atoms with van der Waals surface area (Å²) in [5.74, 6) is 0. The van der Waals surface area contributed by atoms with Gasteiger partial charge in [-0.3, -0.25) is 0 Å². The highest BCUT2D eigenvalue weighted by atomic mass is 16.3. The van der Waals surface area contributed by atoms with Crippen LogP contribution in [0.4, 0.5) is 68.2 Å². The summed E-state index contributed by atoms with van der Waals surface area (Å²) in [5, 5.41) is 17.7. The molecular weight excluding hydrogens is 1590 g/mol. The van der Waals surface area contributed by atoms with E-state index in [1.807, 2.05) is 0 Å². The van der Waals surface area contributed by atoms with Gasteiger partial charge >= 0.3 is 0 Å². The predicted molar refractivity (Wildman–Crippen MR) is 547 cm³/mol. The number of benzene rings is 18. The van der Waals surface area contributed by atoms with E-state index in [4.69, 9.17) is 17.7 Å². The van der Waals surface area contributed by atoms with Crippen LogP contribution in [0, 0.1) is 83.1 Å². The molecule has 10 nitrogen and oxygen atoms in total. The summed E-state index contributed by atoms with van der Waals surface area (Å²) in [7, 11) is 0. The average Bonchev–Trinajstić information content (AvgIpc) is 1.51. The summed E-state index contributed by atoms with van der Waals surface area (Å²) in [6.45, 7) is 26.4. The number of anilines is 12. The van der Waals surface area contributed by atoms with Crippen molar-refractivity contribution in [3.8, 4) is 0 Å². The fourth-order valence-electron chi connectivity index (χ4n) is 21.4. The van der Waals surface area contributed by atoms with Gasteiger partial charge in [0.2, 0.25) is 0 Å². The molecule has 0 radical (unpaired) electrons. The fraction of sp³-hybridized carbons (Fsp3) is 0.100. The number of furan rings is 4. The molecule has 0 fully saturated rings. The molecular formula is C120H90N6O4. The fourth-order valence-corrected chi connectivity index (χ4v) is 21.4. The molecule has 18 aromatic carbocycles. The van der Waals surface area contributed by atoms with Crippen molar-refractivity contribution >= 4 is 232 Å². The molecule has 0 atom stereocenters. The highest BCUT2D eigenvalue weighted by Gasteiger charge is 2.36. The standard InChI is InChI=1S/2C60H45N3O2/c1-34-20-26-40(27-21-34)61(48-30-36(3)18-24-38(48)5)50-32-46-42-12-7-9-16-52(42)64-59(46)57-54(50)44-14-11-15-45-55-51(62(41-28-22-35(2)23-29-41)49-31-37(4)19-25-39(49)6)33-47-43-13-8-10-17-53(43)65-60(47)58(55)63(57)56(44)45;1-34-28-42(29-35(2)38(34)5)61(40-18-9-7-10-19-40)50-32-48-44-22-13-15-26-52(44)64-59(48)57-54(50)46-24-17-25-47-55-51(62(41-20-11-8-12-21-41)43-30-36(3)39(6)37(4)31-43)33-49-45-23-14-16-27-53(45)65-60(49)58(55)63(57)56(46)47/h2*7-33H,1-6H3. The largest absolute Gasteiger partial charge is 0.454 e. The molecule has 0 saturated carbocycles. The molecule has 0 bridgehead atoms. The molecule has 26 aromatic rings. The van der Waals surface area contributed by atoms with Crippen LogP contribution in [-0.2, 0) is 0 Å². The van der Waals surface area contributed by atoms with E-state index in [1.165, 1.54) is 66.8 Å². The average molecular weight is 1680 g/mol. The van der Waals surface area contributed by atoms with Gasteiger partial charge in [0.25, 0.3) is 0 Å². The van der Waals surface area contributed by atoms with Gasteiger partial charge in [0, 0.05) is 132 Å². The van der Waals surface area contributed by atoms with Crippen molar-refractivity contribution in [2.24, 2.45) is 0 Å². The third-order valence-corrected chi connectivity index (χ3v) is 28.1. The van der Waals surface area contributed by atoms with Gasteiger partial charge in [0.15, 0.2) is 22.3 Å². The van der Waals surface area contributed by atoms with Crippen LogP contribution in [0.15, 0.2) is 345 Å². The molecule has 0 aliphatic heterocycles. The number of nitrogens with zero attached hydrogens (tertiary/aromatic N) is 6. The van der Waals surface area contributed by atoms with E-state index in [-0.39, 0.29) is 0 Å². The molecule has 0 spiro atoms. The maximum absolute atomic E-state index is 7.13. The Labute approximate surface area is 750 Å². The van der Waals surface area contributed by atoms with Crippen molar-refractivity contribution in [1.82, 2.24) is 8.80 Å². The van der Waals surface area contributed by atoms with Crippen LogP contribution >= 0.6 is 0 Å². The summed E-state index contributed by atoms with van der Waals surface area (Å²) in [4.78, 5) is 9.84. The summed E-state index contributed by atoms with van der Waals surface area (Å²) >= 11 is 0. The normalized spacial score (nSPS) is 12.2. The molecule has 0 aliphatic carbocycles. The van der Waals surface area contributed by atoms with Crippen molar-refractivity contribution in [3.63, 3.8) is 0 Å². The Kier molecular flexibility index (Phi) is 16.9. The van der Waals surface area contributed by atoms with E-state index in [0.29, 0.717) is 0 Å². The molecule has 0 unspecified atom stereocenters. The monoisotopic (exact) mass is 1680 g/mol. The number of hydrogen-bond acceptors (Lipinski definition) is 8. The van der Waals surface area contributed by atoms with Crippen molar-refractivity contribution in [2.75, 3.05) is 19.6 Å². The van der Waals surface area contributed by atoms with Crippen LogP contribution in [0.3, 0.4) is 0 Å². The summed E-state index contributed by atoms with van der Waals surface area (Å²) in [6.07, 6.45) is 0. The van der Waals surface area contributed by atoms with Crippen LogP contribution < -0.4 is 19.6 Å². The predicted octanol–water partition coefficient (Wildman–Crippen LogP) is 34.9. The Bertz CT molecular complexity index is 8650. The second kappa shape index (κ2) is 28.7. The van der Waals surface area contributed by atoms with Gasteiger partial charge in [-0.25, -0.2) is 0 Å². The molecule has 624 valence electrons. The maximum Gasteiger partial charge on any atom is 0.160 e. The number of hydrogen-bond donors (Lipinski definition) is 0. The minimum Gasteiger partial charge on any atom is -0.454 e. The summed E-state index contributed by atoms with van der Waals surface area (Å²) < 4.78 is 33.5. The Hall–Kier alpha value is -16.0. The second-order valence-electron chi connectivity index (χ2n) is 36.1. The van der Waals surface area contributed by atoms with E-state index in [1.54, 1.807) is 0 Å². The summed E-state index contributed by atoms with van der Waals surface area (Å²) in [5.41, 5.74) is 41.3. The van der Waals surface area contributed by atoms with Gasteiger partial charge < -0.3 is 46.1 Å². The molecule has 8 aromatic heterocycles. The van der Waals surface area contributed by atoms with Gasteiger partial charge in [-0.1, -0.05) is 205 Å². The molecule has 0 amide bonds. The third-order valence-electron chi connectivity index (χ3n) is 28.1. The first kappa shape index (κ1) is 76.4. The SMILES string of the molecule is Cc1cc(N(c2ccccc2)c2cc3c4ccccc4oc3c3c2c2cccc4c5c(N(c6ccccc6)c6cc(C)c(C)c(C)c6)cc6c7ccccc7oc6c5n3c24)cc(C)c1C.Cc1ccc(N(c2cc(C)ccc2C)c2cc3c4ccccc4oc3c3c2c2cccc4c5c(N(c6ccc(C)cc6)c6cc(C)ccc6C)cc6c7ccccc7oc6c5n3c24)cc1. The van der Waals surface area contributed by atoms with Gasteiger partial charge in [-0.15, -0.1) is 0 Å². The highest BCUT2D eigenvalue weighted by Crippen LogP contribution is 2.59. The first-order valence-corrected chi connectivity index (χ1v) is 45.0. The van der Waals surface area contributed by atoms with Crippen LogP contribution in [0.2, 0.25) is 0 Å². The molecule has 130 heavy (non-hydrogen) atoms. The number of aromatic nitrogens is 2. The first-order valence-electron chi connectivity index (χ1n) is 45.0. The Balaban J connectivity index is 0.000000140. The quantitative estimate of drug-likeness (QED) is 0.120. The lowest BCUT2D eigenvalue weighted by Gasteiger charge is -2.29. The van der Waals surface area contributed by atoms with E-state index >= 15 is 0 Å².